The number of carbonyl (C=O) groups is 2. The molecule has 2 amide bonds. The number of nitrogens with one attached hydrogen (secondary N) is 1. The molecule has 25 heavy (non-hydrogen) atoms. The molecule has 0 aromatic heterocycles. The molecular formula is C16H22BrN3O5. The fourth-order valence-electron chi connectivity index (χ4n) is 1.65. The van der Waals surface area contributed by atoms with Crippen LogP contribution in [0, 0.1) is 0 Å². The average Bonchev–Trinajstić information content (AvgIpc) is 2.54. The normalized spacial score (nSPS) is 10.4. The van der Waals surface area contributed by atoms with Crippen molar-refractivity contribution in [2.24, 2.45) is 5.10 Å². The summed E-state index contributed by atoms with van der Waals surface area (Å²) in [4.78, 5) is 24.3. The van der Waals surface area contributed by atoms with E-state index in [0.717, 1.165) is 0 Å². The van der Waals surface area contributed by atoms with Gasteiger partial charge in [-0.05, 0) is 47.5 Å². The van der Waals surface area contributed by atoms with E-state index in [4.69, 9.17) is 14.2 Å². The van der Waals surface area contributed by atoms with Crippen molar-refractivity contribution in [3.8, 4) is 11.5 Å². The highest BCUT2D eigenvalue weighted by Gasteiger charge is 2.14. The van der Waals surface area contributed by atoms with Gasteiger partial charge in [-0.3, -0.25) is 4.79 Å². The number of hydrogen-bond acceptors (Lipinski definition) is 6. The van der Waals surface area contributed by atoms with Crippen LogP contribution in [0.25, 0.3) is 0 Å². The molecule has 0 spiro atoms. The molecule has 0 aliphatic carbocycles. The van der Waals surface area contributed by atoms with Crippen molar-refractivity contribution >= 4 is 34.1 Å². The predicted octanol–water partition coefficient (Wildman–Crippen LogP) is 2.39. The Kier molecular flexibility index (Phi) is 8.76. The van der Waals surface area contributed by atoms with Crippen LogP contribution in [0.4, 0.5) is 4.79 Å². The van der Waals surface area contributed by atoms with E-state index in [9.17, 15) is 9.59 Å². The molecule has 0 aliphatic rings. The van der Waals surface area contributed by atoms with Gasteiger partial charge < -0.3 is 19.1 Å². The zero-order valence-electron chi connectivity index (χ0n) is 14.7. The number of rotatable bonds is 8. The minimum absolute atomic E-state index is 0.108. The number of benzene rings is 1. The first-order chi connectivity index (χ1) is 11.9. The number of likely N-dealkylation sites (N-methyl/N-ethyl adjacent to an activating group) is 1. The van der Waals surface area contributed by atoms with Gasteiger partial charge in [-0.25, -0.2) is 10.2 Å². The van der Waals surface area contributed by atoms with Crippen molar-refractivity contribution in [2.75, 3.05) is 33.9 Å². The highest BCUT2D eigenvalue weighted by Crippen LogP contribution is 2.36. The summed E-state index contributed by atoms with van der Waals surface area (Å²) in [6.45, 7) is 4.12. The maximum absolute atomic E-state index is 11.7. The number of hydrazone groups is 1. The average molecular weight is 416 g/mol. The fourth-order valence-corrected chi connectivity index (χ4v) is 2.23. The van der Waals surface area contributed by atoms with Gasteiger partial charge in [-0.1, -0.05) is 0 Å². The van der Waals surface area contributed by atoms with E-state index < -0.39 is 6.09 Å². The van der Waals surface area contributed by atoms with Crippen molar-refractivity contribution in [1.82, 2.24) is 10.3 Å². The van der Waals surface area contributed by atoms with Crippen LogP contribution in [0.15, 0.2) is 21.7 Å². The number of ether oxygens (including phenoxy) is 3. The molecule has 0 saturated heterocycles. The molecule has 1 aromatic rings. The molecule has 0 bridgehead atoms. The van der Waals surface area contributed by atoms with E-state index in [1.165, 1.54) is 11.1 Å². The summed E-state index contributed by atoms with van der Waals surface area (Å²) >= 11 is 3.40. The third-order valence-electron chi connectivity index (χ3n) is 2.82. The molecule has 1 rings (SSSR count). The van der Waals surface area contributed by atoms with Gasteiger partial charge in [0.25, 0.3) is 5.91 Å². The SMILES string of the molecule is CCOC(=O)N/N=C\c1cc(Br)c(OCC(=O)N(C)C)c(OCC)c1. The van der Waals surface area contributed by atoms with Crippen LogP contribution >= 0.6 is 15.9 Å². The Morgan fingerprint density at radius 2 is 1.96 bits per heavy atom. The number of amides is 2. The van der Waals surface area contributed by atoms with Crippen LogP contribution in [0.1, 0.15) is 19.4 Å². The second kappa shape index (κ2) is 10.5. The lowest BCUT2D eigenvalue weighted by atomic mass is 10.2. The lowest BCUT2D eigenvalue weighted by molar-refractivity contribution is -0.130. The summed E-state index contributed by atoms with van der Waals surface area (Å²) in [6, 6.07) is 3.42. The molecule has 8 nitrogen and oxygen atoms in total. The van der Waals surface area contributed by atoms with Crippen molar-refractivity contribution < 1.29 is 23.8 Å². The first-order valence-electron chi connectivity index (χ1n) is 7.64. The Morgan fingerprint density at radius 3 is 2.56 bits per heavy atom. The second-order valence-corrected chi connectivity index (χ2v) is 5.78. The Morgan fingerprint density at radius 1 is 1.24 bits per heavy atom. The molecule has 0 fully saturated rings. The topological polar surface area (TPSA) is 89.5 Å². The Labute approximate surface area is 155 Å². The minimum Gasteiger partial charge on any atom is -0.490 e. The summed E-state index contributed by atoms with van der Waals surface area (Å²) in [7, 11) is 3.31. The van der Waals surface area contributed by atoms with Gasteiger partial charge in [-0.15, -0.1) is 0 Å². The molecule has 0 aliphatic heterocycles. The Bertz CT molecular complexity index is 634. The van der Waals surface area contributed by atoms with Gasteiger partial charge >= 0.3 is 6.09 Å². The van der Waals surface area contributed by atoms with Crippen LogP contribution in [0.2, 0.25) is 0 Å². The monoisotopic (exact) mass is 415 g/mol. The molecule has 138 valence electrons. The van der Waals surface area contributed by atoms with Crippen LogP contribution < -0.4 is 14.9 Å². The summed E-state index contributed by atoms with van der Waals surface area (Å²) in [5.74, 6) is 0.715. The molecule has 1 aromatic carbocycles. The molecule has 0 saturated carbocycles. The van der Waals surface area contributed by atoms with E-state index in [1.807, 2.05) is 6.92 Å². The van der Waals surface area contributed by atoms with Crippen LogP contribution in [0.5, 0.6) is 11.5 Å². The van der Waals surface area contributed by atoms with E-state index in [1.54, 1.807) is 33.2 Å². The first kappa shape index (κ1) is 20.8. The number of carbonyl (C=O) groups excluding carboxylic acids is 2. The predicted molar refractivity (Wildman–Crippen MR) is 97.3 cm³/mol. The summed E-state index contributed by atoms with van der Waals surface area (Å²) in [5.41, 5.74) is 2.91. The van der Waals surface area contributed by atoms with Gasteiger partial charge in [0.1, 0.15) is 0 Å². The molecule has 0 radical (unpaired) electrons. The van der Waals surface area contributed by atoms with E-state index in [-0.39, 0.29) is 19.1 Å². The fraction of sp³-hybridized carbons (Fsp3) is 0.438. The van der Waals surface area contributed by atoms with Crippen LogP contribution in [0.3, 0.4) is 0 Å². The third-order valence-corrected chi connectivity index (χ3v) is 3.40. The van der Waals surface area contributed by atoms with Crippen LogP contribution in [-0.2, 0) is 9.53 Å². The van der Waals surface area contributed by atoms with Crippen molar-refractivity contribution in [3.63, 3.8) is 0 Å². The van der Waals surface area contributed by atoms with Gasteiger partial charge in [0.2, 0.25) is 0 Å². The van der Waals surface area contributed by atoms with Crippen LogP contribution in [-0.4, -0.2) is 57.0 Å². The molecule has 9 heteroatoms. The van der Waals surface area contributed by atoms with Gasteiger partial charge in [0, 0.05) is 14.1 Å². The van der Waals surface area contributed by atoms with Crippen molar-refractivity contribution in [3.05, 3.63) is 22.2 Å². The summed E-state index contributed by atoms with van der Waals surface area (Å²) < 4.78 is 16.4. The maximum Gasteiger partial charge on any atom is 0.427 e. The standard InChI is InChI=1S/C16H22BrN3O5/c1-5-23-13-8-11(9-18-19-16(22)24-6-2)7-12(17)15(13)25-10-14(21)20(3)4/h7-9H,5-6,10H2,1-4H3,(H,19,22)/b18-9-. The van der Waals surface area contributed by atoms with Gasteiger partial charge in [0.15, 0.2) is 18.1 Å². The summed E-state index contributed by atoms with van der Waals surface area (Å²) in [6.07, 6.45) is 0.809. The molecule has 0 unspecified atom stereocenters. The van der Waals surface area contributed by atoms with Crippen molar-refractivity contribution in [1.29, 1.82) is 0 Å². The minimum atomic E-state index is -0.634. The van der Waals surface area contributed by atoms with Gasteiger partial charge in [-0.2, -0.15) is 5.10 Å². The second-order valence-electron chi connectivity index (χ2n) is 4.93. The third kappa shape index (κ3) is 7.00. The quantitative estimate of drug-likeness (QED) is 0.519. The molecule has 0 heterocycles. The molecule has 0 atom stereocenters. The van der Waals surface area contributed by atoms with Crippen molar-refractivity contribution in [2.45, 2.75) is 13.8 Å². The number of halogens is 1. The maximum atomic E-state index is 11.7. The first-order valence-corrected chi connectivity index (χ1v) is 8.43. The Hall–Kier alpha value is -2.29. The number of hydrogen-bond donors (Lipinski definition) is 1. The smallest absolute Gasteiger partial charge is 0.427 e. The Balaban J connectivity index is 2.92. The largest absolute Gasteiger partial charge is 0.490 e. The number of nitrogens with zero attached hydrogens (tertiary/aromatic N) is 2. The van der Waals surface area contributed by atoms with E-state index >= 15 is 0 Å². The highest BCUT2D eigenvalue weighted by atomic mass is 79.9. The lowest BCUT2D eigenvalue weighted by Gasteiger charge is -2.16. The van der Waals surface area contributed by atoms with E-state index in [2.05, 4.69) is 26.5 Å². The lowest BCUT2D eigenvalue weighted by Crippen LogP contribution is -2.27. The highest BCUT2D eigenvalue weighted by molar-refractivity contribution is 9.10. The zero-order valence-corrected chi connectivity index (χ0v) is 16.3. The molecular weight excluding hydrogens is 394 g/mol. The zero-order chi connectivity index (χ0) is 18.8. The summed E-state index contributed by atoms with van der Waals surface area (Å²) in [5, 5.41) is 3.80. The molecule has 1 N–H and O–H groups in total. The van der Waals surface area contributed by atoms with Gasteiger partial charge in [0.05, 0.1) is 23.9 Å². The van der Waals surface area contributed by atoms with E-state index in [0.29, 0.717) is 28.1 Å².